The predicted octanol–water partition coefficient (Wildman–Crippen LogP) is 5.45. The molecule has 0 aliphatic carbocycles. The van der Waals surface area contributed by atoms with Gasteiger partial charge in [-0.15, -0.1) is 5.53 Å². The van der Waals surface area contributed by atoms with Gasteiger partial charge in [0.15, 0.2) is 23.3 Å². The summed E-state index contributed by atoms with van der Waals surface area (Å²) in [6.07, 6.45) is 0. The molecule has 0 spiro atoms. The van der Waals surface area contributed by atoms with Crippen LogP contribution in [-0.4, -0.2) is 4.95 Å². The van der Waals surface area contributed by atoms with Crippen LogP contribution in [0.15, 0.2) is 66.7 Å². The number of alkyl halides is 1. The molecule has 0 aromatic heterocycles. The standard InChI is InChI=1S/C20H14BrF4N3/c21-20-17(12-6-2-1-3-7-12)27(18-13(22)8-4-9-14(18)23)26-28(20)19-15(24)10-5-11-16(19)25/h1-11,17,20,26H. The Morgan fingerprint density at radius 1 is 0.643 bits per heavy atom. The average Bonchev–Trinajstić information content (AvgIpc) is 2.99. The van der Waals surface area contributed by atoms with Gasteiger partial charge in [0.05, 0.1) is 0 Å². The summed E-state index contributed by atoms with van der Waals surface area (Å²) >= 11 is 3.44. The summed E-state index contributed by atoms with van der Waals surface area (Å²) < 4.78 is 57.8. The highest BCUT2D eigenvalue weighted by atomic mass is 79.9. The first-order chi connectivity index (χ1) is 13.5. The molecule has 0 saturated carbocycles. The first-order valence-corrected chi connectivity index (χ1v) is 9.32. The fourth-order valence-electron chi connectivity index (χ4n) is 3.26. The van der Waals surface area contributed by atoms with Gasteiger partial charge in [-0.3, -0.25) is 10.0 Å². The first kappa shape index (κ1) is 18.8. The molecule has 1 fully saturated rings. The van der Waals surface area contributed by atoms with Crippen LogP contribution in [0.25, 0.3) is 0 Å². The van der Waals surface area contributed by atoms with Crippen molar-refractivity contribution in [3.05, 3.63) is 95.6 Å². The van der Waals surface area contributed by atoms with Crippen molar-refractivity contribution in [3.8, 4) is 0 Å². The summed E-state index contributed by atoms with van der Waals surface area (Å²) in [5, 5.41) is 2.40. The van der Waals surface area contributed by atoms with Crippen molar-refractivity contribution in [1.29, 1.82) is 0 Å². The molecule has 8 heteroatoms. The SMILES string of the molecule is Fc1cccc(F)c1N1NN(c2c(F)cccc2F)C(c2ccccc2)C1Br. The highest BCUT2D eigenvalue weighted by Crippen LogP contribution is 2.42. The van der Waals surface area contributed by atoms with Crippen LogP contribution in [0.5, 0.6) is 0 Å². The molecule has 1 heterocycles. The largest absolute Gasteiger partial charge is 0.274 e. The van der Waals surface area contributed by atoms with Gasteiger partial charge in [-0.1, -0.05) is 58.4 Å². The van der Waals surface area contributed by atoms with Gasteiger partial charge in [0.25, 0.3) is 0 Å². The molecular formula is C20H14BrF4N3. The van der Waals surface area contributed by atoms with Crippen molar-refractivity contribution >= 4 is 27.3 Å². The van der Waals surface area contributed by atoms with Crippen molar-refractivity contribution in [2.75, 3.05) is 10.0 Å². The maximum absolute atomic E-state index is 14.5. The van der Waals surface area contributed by atoms with Gasteiger partial charge in [0.2, 0.25) is 0 Å². The summed E-state index contributed by atoms with van der Waals surface area (Å²) in [6.45, 7) is 0. The number of hydrogen-bond acceptors (Lipinski definition) is 3. The zero-order chi connectivity index (χ0) is 19.8. The van der Waals surface area contributed by atoms with Gasteiger partial charge in [0, 0.05) is 0 Å². The Balaban J connectivity index is 1.86. The number of hydrazine groups is 2. The minimum atomic E-state index is -0.806. The number of nitrogens with one attached hydrogen (secondary N) is 1. The third kappa shape index (κ3) is 3.12. The second kappa shape index (κ2) is 7.44. The molecule has 0 bridgehead atoms. The molecule has 2 unspecified atom stereocenters. The molecule has 1 aliphatic heterocycles. The summed E-state index contributed by atoms with van der Waals surface area (Å²) in [5.74, 6) is -3.22. The Hall–Kier alpha value is -2.58. The molecule has 4 rings (SSSR count). The monoisotopic (exact) mass is 451 g/mol. The summed E-state index contributed by atoms with van der Waals surface area (Å²) in [7, 11) is 0. The number of halogens is 5. The van der Waals surface area contributed by atoms with Crippen LogP contribution in [0.4, 0.5) is 28.9 Å². The van der Waals surface area contributed by atoms with Crippen LogP contribution < -0.4 is 15.6 Å². The van der Waals surface area contributed by atoms with Crippen molar-refractivity contribution in [3.63, 3.8) is 0 Å². The molecule has 144 valence electrons. The number of nitrogens with zero attached hydrogens (tertiary/aromatic N) is 2. The molecule has 3 nitrogen and oxygen atoms in total. The fraction of sp³-hybridized carbons (Fsp3) is 0.100. The number of rotatable bonds is 3. The third-order valence-electron chi connectivity index (χ3n) is 4.50. The molecule has 1 aliphatic rings. The van der Waals surface area contributed by atoms with E-state index < -0.39 is 34.3 Å². The van der Waals surface area contributed by atoms with Gasteiger partial charge in [0.1, 0.15) is 22.4 Å². The number of para-hydroxylation sites is 2. The molecule has 0 radical (unpaired) electrons. The second-order valence-corrected chi connectivity index (χ2v) is 7.15. The van der Waals surface area contributed by atoms with E-state index in [1.54, 1.807) is 30.3 Å². The lowest BCUT2D eigenvalue weighted by molar-refractivity contribution is 0.545. The summed E-state index contributed by atoms with van der Waals surface area (Å²) in [4.78, 5) is -0.736. The molecule has 0 amide bonds. The van der Waals surface area contributed by atoms with Gasteiger partial charge >= 0.3 is 0 Å². The zero-order valence-corrected chi connectivity index (χ0v) is 15.9. The third-order valence-corrected chi connectivity index (χ3v) is 5.41. The normalized spacial score (nSPS) is 19.3. The maximum atomic E-state index is 14.5. The van der Waals surface area contributed by atoms with E-state index in [-0.39, 0.29) is 11.4 Å². The number of benzene rings is 3. The van der Waals surface area contributed by atoms with Gasteiger partial charge < -0.3 is 0 Å². The lowest BCUT2D eigenvalue weighted by atomic mass is 10.1. The Morgan fingerprint density at radius 3 is 1.61 bits per heavy atom. The minimum Gasteiger partial charge on any atom is -0.274 e. The van der Waals surface area contributed by atoms with Crippen LogP contribution in [0.1, 0.15) is 11.6 Å². The van der Waals surface area contributed by atoms with E-state index in [0.29, 0.717) is 5.56 Å². The Kier molecular flexibility index (Phi) is 4.99. The number of anilines is 2. The Morgan fingerprint density at radius 2 is 1.11 bits per heavy atom. The van der Waals surface area contributed by atoms with Crippen molar-refractivity contribution in [1.82, 2.24) is 5.53 Å². The first-order valence-electron chi connectivity index (χ1n) is 8.41. The molecule has 2 atom stereocenters. The minimum absolute atomic E-state index is 0.347. The van der Waals surface area contributed by atoms with Crippen molar-refractivity contribution in [2.45, 2.75) is 11.0 Å². The van der Waals surface area contributed by atoms with E-state index >= 15 is 0 Å². The van der Waals surface area contributed by atoms with Gasteiger partial charge in [-0.2, -0.15) is 0 Å². The van der Waals surface area contributed by atoms with E-state index in [1.165, 1.54) is 22.2 Å². The topological polar surface area (TPSA) is 18.5 Å². The van der Waals surface area contributed by atoms with Crippen LogP contribution in [0.2, 0.25) is 0 Å². The zero-order valence-electron chi connectivity index (χ0n) is 14.3. The lowest BCUT2D eigenvalue weighted by Crippen LogP contribution is -2.42. The van der Waals surface area contributed by atoms with Crippen LogP contribution in [0, 0.1) is 23.3 Å². The van der Waals surface area contributed by atoms with E-state index in [0.717, 1.165) is 24.3 Å². The van der Waals surface area contributed by atoms with Crippen LogP contribution in [0.3, 0.4) is 0 Å². The lowest BCUT2D eigenvalue weighted by Gasteiger charge is -2.26. The molecule has 3 aromatic rings. The second-order valence-electron chi connectivity index (χ2n) is 6.21. The summed E-state index contributed by atoms with van der Waals surface area (Å²) in [5.41, 5.74) is 2.73. The van der Waals surface area contributed by atoms with Crippen molar-refractivity contribution in [2.24, 2.45) is 0 Å². The molecule has 1 saturated heterocycles. The van der Waals surface area contributed by atoms with E-state index in [9.17, 15) is 17.6 Å². The highest BCUT2D eigenvalue weighted by Gasteiger charge is 2.43. The van der Waals surface area contributed by atoms with Crippen molar-refractivity contribution < 1.29 is 17.6 Å². The maximum Gasteiger partial charge on any atom is 0.150 e. The van der Waals surface area contributed by atoms with E-state index in [4.69, 9.17) is 0 Å². The molecule has 3 aromatic carbocycles. The fourth-order valence-corrected chi connectivity index (χ4v) is 4.09. The quantitative estimate of drug-likeness (QED) is 0.324. The van der Waals surface area contributed by atoms with Gasteiger partial charge in [-0.25, -0.2) is 17.6 Å². The number of hydrogen-bond donors (Lipinski definition) is 1. The Labute approximate surface area is 167 Å². The molecule has 1 N–H and O–H groups in total. The Bertz CT molecular complexity index is 961. The smallest absolute Gasteiger partial charge is 0.150 e. The summed E-state index contributed by atoms with van der Waals surface area (Å²) in [6, 6.07) is 15.2. The average molecular weight is 452 g/mol. The van der Waals surface area contributed by atoms with Crippen LogP contribution in [-0.2, 0) is 0 Å². The van der Waals surface area contributed by atoms with E-state index in [2.05, 4.69) is 21.5 Å². The van der Waals surface area contributed by atoms with Crippen LogP contribution >= 0.6 is 15.9 Å². The predicted molar refractivity (Wildman–Crippen MR) is 103 cm³/mol. The molecule has 28 heavy (non-hydrogen) atoms. The highest BCUT2D eigenvalue weighted by molar-refractivity contribution is 9.09. The van der Waals surface area contributed by atoms with Gasteiger partial charge in [-0.05, 0) is 29.8 Å². The molecular weight excluding hydrogens is 438 g/mol. The van der Waals surface area contributed by atoms with E-state index in [1.807, 2.05) is 0 Å².